The van der Waals surface area contributed by atoms with Gasteiger partial charge >= 0.3 is 6.09 Å². The number of amides is 1. The molecule has 1 N–H and O–H groups in total. The first-order valence-electron chi connectivity index (χ1n) is 11.6. The van der Waals surface area contributed by atoms with E-state index in [1.807, 2.05) is 99.7 Å². The molecule has 0 saturated heterocycles. The molecule has 0 fully saturated rings. The van der Waals surface area contributed by atoms with Gasteiger partial charge in [0.25, 0.3) is 0 Å². The maximum Gasteiger partial charge on any atom is 0.416 e. The van der Waals surface area contributed by atoms with Gasteiger partial charge in [-0.3, -0.25) is 4.90 Å². The van der Waals surface area contributed by atoms with Gasteiger partial charge in [0.1, 0.15) is 11.4 Å². The number of carbonyl (C=O) groups is 1. The fraction of sp³-hybridized carbons (Fsp3) is 0.321. The molecule has 2 aromatic carbocycles. The molecule has 0 aliphatic carbocycles. The summed E-state index contributed by atoms with van der Waals surface area (Å²) >= 11 is 0. The van der Waals surface area contributed by atoms with Crippen LogP contribution in [0.3, 0.4) is 0 Å². The Morgan fingerprint density at radius 1 is 1.00 bits per heavy atom. The van der Waals surface area contributed by atoms with Crippen LogP contribution in [0, 0.1) is 5.92 Å². The summed E-state index contributed by atoms with van der Waals surface area (Å²) in [7, 11) is 0. The van der Waals surface area contributed by atoms with Crippen molar-refractivity contribution in [3.63, 3.8) is 0 Å². The van der Waals surface area contributed by atoms with Gasteiger partial charge < -0.3 is 10.1 Å². The van der Waals surface area contributed by atoms with Crippen molar-refractivity contribution in [3.05, 3.63) is 83.6 Å². The van der Waals surface area contributed by atoms with Crippen molar-refractivity contribution in [2.45, 2.75) is 46.8 Å². The minimum Gasteiger partial charge on any atom is -0.443 e. The molecule has 0 bridgehead atoms. The summed E-state index contributed by atoms with van der Waals surface area (Å²) in [6.07, 6.45) is 3.50. The Labute approximate surface area is 202 Å². The maximum atomic E-state index is 13.1. The summed E-state index contributed by atoms with van der Waals surface area (Å²) in [5.41, 5.74) is 2.27. The second kappa shape index (κ2) is 11.5. The second-order valence-corrected chi connectivity index (χ2v) is 9.54. The minimum absolute atomic E-state index is 0.228. The molecule has 0 saturated carbocycles. The SMILES string of the molecule is CC(C)CN(C(=O)OC(C)(C)C)c1cc(/C=C/c2ccccc2)nc(NCc2ccccc2)n1. The monoisotopic (exact) mass is 458 g/mol. The van der Waals surface area contributed by atoms with Gasteiger partial charge in [0, 0.05) is 19.2 Å². The number of rotatable bonds is 8. The lowest BCUT2D eigenvalue weighted by molar-refractivity contribution is 0.0575. The highest BCUT2D eigenvalue weighted by atomic mass is 16.6. The van der Waals surface area contributed by atoms with Gasteiger partial charge in [-0.1, -0.05) is 80.6 Å². The van der Waals surface area contributed by atoms with Crippen molar-refractivity contribution >= 4 is 30.0 Å². The van der Waals surface area contributed by atoms with Crippen molar-refractivity contribution in [2.75, 3.05) is 16.8 Å². The molecule has 0 aliphatic heterocycles. The summed E-state index contributed by atoms with van der Waals surface area (Å²) in [5.74, 6) is 1.18. The van der Waals surface area contributed by atoms with Gasteiger partial charge in [0.2, 0.25) is 5.95 Å². The fourth-order valence-corrected chi connectivity index (χ4v) is 3.22. The van der Waals surface area contributed by atoms with E-state index in [-0.39, 0.29) is 5.92 Å². The quantitative estimate of drug-likeness (QED) is 0.409. The van der Waals surface area contributed by atoms with Crippen molar-refractivity contribution < 1.29 is 9.53 Å². The summed E-state index contributed by atoms with van der Waals surface area (Å²) in [4.78, 5) is 24.0. The predicted octanol–water partition coefficient (Wildman–Crippen LogP) is 6.66. The van der Waals surface area contributed by atoms with Gasteiger partial charge in [0.05, 0.1) is 5.69 Å². The third kappa shape index (κ3) is 8.03. The number of hydrogen-bond donors (Lipinski definition) is 1. The average molecular weight is 459 g/mol. The molecule has 34 heavy (non-hydrogen) atoms. The molecule has 1 heterocycles. The van der Waals surface area contributed by atoms with Crippen molar-refractivity contribution in [1.29, 1.82) is 0 Å². The molecule has 0 spiro atoms. The van der Waals surface area contributed by atoms with E-state index < -0.39 is 11.7 Å². The van der Waals surface area contributed by atoms with Crippen LogP contribution in [0.2, 0.25) is 0 Å². The molecule has 1 aromatic heterocycles. The molecular weight excluding hydrogens is 424 g/mol. The number of benzene rings is 2. The minimum atomic E-state index is -0.607. The normalized spacial score (nSPS) is 11.6. The van der Waals surface area contributed by atoms with Crippen LogP contribution < -0.4 is 10.2 Å². The number of carbonyl (C=O) groups excluding carboxylic acids is 1. The lowest BCUT2D eigenvalue weighted by Gasteiger charge is -2.28. The van der Waals surface area contributed by atoms with Crippen LogP contribution in [0.25, 0.3) is 12.2 Å². The van der Waals surface area contributed by atoms with E-state index >= 15 is 0 Å². The van der Waals surface area contributed by atoms with Gasteiger partial charge in [-0.25, -0.2) is 9.78 Å². The highest BCUT2D eigenvalue weighted by Gasteiger charge is 2.25. The van der Waals surface area contributed by atoms with Crippen LogP contribution in [-0.2, 0) is 11.3 Å². The van der Waals surface area contributed by atoms with Crippen LogP contribution in [0.5, 0.6) is 0 Å². The van der Waals surface area contributed by atoms with Crippen LogP contribution >= 0.6 is 0 Å². The van der Waals surface area contributed by atoms with E-state index in [9.17, 15) is 4.79 Å². The third-order valence-corrected chi connectivity index (χ3v) is 4.71. The average Bonchev–Trinajstić information content (AvgIpc) is 2.80. The number of nitrogens with zero attached hydrogens (tertiary/aromatic N) is 3. The third-order valence-electron chi connectivity index (χ3n) is 4.71. The lowest BCUT2D eigenvalue weighted by atomic mass is 10.2. The van der Waals surface area contributed by atoms with E-state index in [0.717, 1.165) is 11.1 Å². The van der Waals surface area contributed by atoms with Crippen molar-refractivity contribution in [3.8, 4) is 0 Å². The van der Waals surface area contributed by atoms with E-state index in [1.165, 1.54) is 0 Å². The Hall–Kier alpha value is -3.67. The molecule has 178 valence electrons. The number of nitrogens with one attached hydrogen (secondary N) is 1. The first kappa shape index (κ1) is 25.0. The zero-order valence-electron chi connectivity index (χ0n) is 20.7. The molecule has 1 amide bonds. The highest BCUT2D eigenvalue weighted by molar-refractivity contribution is 5.87. The van der Waals surface area contributed by atoms with Crippen LogP contribution in [-0.4, -0.2) is 28.2 Å². The molecule has 3 rings (SSSR count). The zero-order chi connectivity index (χ0) is 24.6. The van der Waals surface area contributed by atoms with Crippen LogP contribution in [0.15, 0.2) is 66.7 Å². The topological polar surface area (TPSA) is 67.4 Å². The van der Waals surface area contributed by atoms with E-state index in [0.29, 0.717) is 30.5 Å². The Kier molecular flexibility index (Phi) is 8.41. The molecule has 0 unspecified atom stereocenters. The molecule has 3 aromatic rings. The van der Waals surface area contributed by atoms with E-state index in [1.54, 1.807) is 4.90 Å². The summed E-state index contributed by atoms with van der Waals surface area (Å²) in [5, 5.41) is 3.30. The van der Waals surface area contributed by atoms with Crippen molar-refractivity contribution in [1.82, 2.24) is 9.97 Å². The first-order chi connectivity index (χ1) is 16.2. The Bertz CT molecular complexity index is 1090. The standard InChI is InChI=1S/C28H34N4O2/c1-21(2)20-32(27(33)34-28(3,4)5)25-18-24(17-16-22-12-8-6-9-13-22)30-26(31-25)29-19-23-14-10-7-11-15-23/h6-18,21H,19-20H2,1-5H3,(H,29,30,31)/b17-16+. The number of ether oxygens (including phenoxy) is 1. The van der Waals surface area contributed by atoms with Crippen LogP contribution in [0.1, 0.15) is 51.4 Å². The number of hydrogen-bond acceptors (Lipinski definition) is 5. The van der Waals surface area contributed by atoms with Gasteiger partial charge in [-0.15, -0.1) is 0 Å². The van der Waals surface area contributed by atoms with Gasteiger partial charge in [0.15, 0.2) is 0 Å². The Balaban J connectivity index is 1.96. The molecular formula is C28H34N4O2. The largest absolute Gasteiger partial charge is 0.443 e. The number of aromatic nitrogens is 2. The van der Waals surface area contributed by atoms with Gasteiger partial charge in [-0.2, -0.15) is 4.98 Å². The summed E-state index contributed by atoms with van der Waals surface area (Å²) in [6, 6.07) is 21.9. The van der Waals surface area contributed by atoms with Crippen molar-refractivity contribution in [2.24, 2.45) is 5.92 Å². The molecule has 6 nitrogen and oxygen atoms in total. The smallest absolute Gasteiger partial charge is 0.416 e. The summed E-state index contributed by atoms with van der Waals surface area (Å²) < 4.78 is 5.68. The van der Waals surface area contributed by atoms with Crippen LogP contribution in [0.4, 0.5) is 16.6 Å². The Morgan fingerprint density at radius 2 is 1.65 bits per heavy atom. The first-order valence-corrected chi connectivity index (χ1v) is 11.6. The highest BCUT2D eigenvalue weighted by Crippen LogP contribution is 2.22. The second-order valence-electron chi connectivity index (χ2n) is 9.54. The molecule has 0 radical (unpaired) electrons. The predicted molar refractivity (Wildman–Crippen MR) is 140 cm³/mol. The molecule has 0 aliphatic rings. The lowest BCUT2D eigenvalue weighted by Crippen LogP contribution is -2.39. The van der Waals surface area contributed by atoms with E-state index in [2.05, 4.69) is 29.1 Å². The summed E-state index contributed by atoms with van der Waals surface area (Å²) in [6.45, 7) is 10.7. The Morgan fingerprint density at radius 3 is 2.26 bits per heavy atom. The fourth-order valence-electron chi connectivity index (χ4n) is 3.22. The van der Waals surface area contributed by atoms with Gasteiger partial charge in [-0.05, 0) is 43.9 Å². The van der Waals surface area contributed by atoms with E-state index in [4.69, 9.17) is 4.74 Å². The number of anilines is 2. The zero-order valence-corrected chi connectivity index (χ0v) is 20.7. The molecule has 6 heteroatoms. The molecule has 0 atom stereocenters. The maximum absolute atomic E-state index is 13.1.